The van der Waals surface area contributed by atoms with E-state index in [0.29, 0.717) is 13.0 Å². The second-order valence-electron chi connectivity index (χ2n) is 5.17. The smallest absolute Gasteiger partial charge is 0.407 e. The van der Waals surface area contributed by atoms with Crippen molar-refractivity contribution in [3.8, 4) is 0 Å². The molecule has 16 heavy (non-hydrogen) atoms. The van der Waals surface area contributed by atoms with Gasteiger partial charge in [-0.3, -0.25) is 0 Å². The first kappa shape index (κ1) is 14.9. The molecule has 0 saturated carbocycles. The molecule has 0 bridgehead atoms. The number of carbonyl (C=O) groups is 2. The van der Waals surface area contributed by atoms with Crippen LogP contribution in [0.5, 0.6) is 0 Å². The molecule has 0 aliphatic rings. The fourth-order valence-corrected chi connectivity index (χ4v) is 1.07. The highest BCUT2D eigenvalue weighted by molar-refractivity contribution is 5.73. The van der Waals surface area contributed by atoms with E-state index in [9.17, 15) is 9.59 Å². The molecule has 4 heteroatoms. The number of amides is 1. The lowest BCUT2D eigenvalue weighted by molar-refractivity contribution is -0.109. The zero-order chi connectivity index (χ0) is 12.6. The zero-order valence-corrected chi connectivity index (χ0v) is 10.7. The summed E-state index contributed by atoms with van der Waals surface area (Å²) < 4.78 is 5.01. The lowest BCUT2D eigenvalue weighted by atomic mass is 9.99. The van der Waals surface area contributed by atoms with Crippen LogP contribution in [-0.4, -0.2) is 25.0 Å². The Balaban J connectivity index is 3.87. The van der Waals surface area contributed by atoms with Crippen LogP contribution in [0.4, 0.5) is 4.79 Å². The van der Waals surface area contributed by atoms with Crippen molar-refractivity contribution in [2.45, 2.75) is 53.0 Å². The van der Waals surface area contributed by atoms with Crippen molar-refractivity contribution < 1.29 is 14.3 Å². The quantitative estimate of drug-likeness (QED) is 0.712. The molecule has 0 spiro atoms. The minimum atomic E-state index is -0.511. The van der Waals surface area contributed by atoms with E-state index in [1.165, 1.54) is 0 Å². The number of ether oxygens (including phenoxy) is 1. The van der Waals surface area contributed by atoms with Crippen molar-refractivity contribution in [3.05, 3.63) is 0 Å². The van der Waals surface area contributed by atoms with Gasteiger partial charge in [0.2, 0.25) is 0 Å². The Morgan fingerprint density at radius 3 is 2.50 bits per heavy atom. The third kappa shape index (κ3) is 8.26. The topological polar surface area (TPSA) is 55.4 Å². The molecule has 0 aromatic carbocycles. The number of aldehydes is 1. The summed E-state index contributed by atoms with van der Waals surface area (Å²) in [6, 6.07) is -0.424. The highest BCUT2D eigenvalue weighted by atomic mass is 16.5. The van der Waals surface area contributed by atoms with Crippen molar-refractivity contribution in [2.75, 3.05) is 6.61 Å². The summed E-state index contributed by atoms with van der Waals surface area (Å²) >= 11 is 0. The highest BCUT2D eigenvalue weighted by Gasteiger charge is 2.16. The van der Waals surface area contributed by atoms with Gasteiger partial charge in [0.1, 0.15) is 6.29 Å². The van der Waals surface area contributed by atoms with Gasteiger partial charge >= 0.3 is 6.09 Å². The first-order chi connectivity index (χ1) is 7.39. The molecule has 0 radical (unpaired) electrons. The molecule has 4 nitrogen and oxygen atoms in total. The molecule has 0 rings (SSSR count). The van der Waals surface area contributed by atoms with Crippen LogP contribution in [0.25, 0.3) is 0 Å². The van der Waals surface area contributed by atoms with E-state index in [1.54, 1.807) is 0 Å². The van der Waals surface area contributed by atoms with E-state index in [0.717, 1.165) is 19.1 Å². The zero-order valence-electron chi connectivity index (χ0n) is 10.7. The summed E-state index contributed by atoms with van der Waals surface area (Å²) in [6.07, 6.45) is 2.84. The van der Waals surface area contributed by atoms with Gasteiger partial charge in [0, 0.05) is 0 Å². The van der Waals surface area contributed by atoms with Crippen molar-refractivity contribution in [2.24, 2.45) is 5.41 Å². The third-order valence-electron chi connectivity index (χ3n) is 1.97. The summed E-state index contributed by atoms with van der Waals surface area (Å²) in [5, 5.41) is 2.54. The summed E-state index contributed by atoms with van der Waals surface area (Å²) in [4.78, 5) is 22.0. The second kappa shape index (κ2) is 7.25. The lowest BCUT2D eigenvalue weighted by Gasteiger charge is -2.19. The fraction of sp³-hybridized carbons (Fsp3) is 0.833. The largest absolute Gasteiger partial charge is 0.449 e. The molecule has 1 atom stereocenters. The van der Waals surface area contributed by atoms with E-state index in [4.69, 9.17) is 4.74 Å². The van der Waals surface area contributed by atoms with Crippen LogP contribution >= 0.6 is 0 Å². The highest BCUT2D eigenvalue weighted by Crippen LogP contribution is 2.12. The SMILES string of the molecule is CCCC[C@@H](C=O)NC(=O)OCC(C)(C)C. The maximum absolute atomic E-state index is 11.3. The molecule has 94 valence electrons. The van der Waals surface area contributed by atoms with Gasteiger partial charge < -0.3 is 14.8 Å². The van der Waals surface area contributed by atoms with Crippen LogP contribution in [0.1, 0.15) is 47.0 Å². The summed E-state index contributed by atoms with van der Waals surface area (Å²) in [5.41, 5.74) is -0.0581. The molecule has 1 N–H and O–H groups in total. The van der Waals surface area contributed by atoms with Crippen LogP contribution in [0.3, 0.4) is 0 Å². The standard InChI is InChI=1S/C12H23NO3/c1-5-6-7-10(8-14)13-11(15)16-9-12(2,3)4/h8,10H,5-7,9H2,1-4H3,(H,13,15)/t10-/m0/s1. The van der Waals surface area contributed by atoms with E-state index < -0.39 is 12.1 Å². The average Bonchev–Trinajstić information content (AvgIpc) is 2.20. The number of nitrogens with one attached hydrogen (secondary N) is 1. The monoisotopic (exact) mass is 229 g/mol. The van der Waals surface area contributed by atoms with Gasteiger partial charge in [0.25, 0.3) is 0 Å². The van der Waals surface area contributed by atoms with Crippen molar-refractivity contribution in [1.29, 1.82) is 0 Å². The number of unbranched alkanes of at least 4 members (excludes halogenated alkanes) is 1. The molecule has 0 saturated heterocycles. The van der Waals surface area contributed by atoms with Crippen molar-refractivity contribution in [1.82, 2.24) is 5.32 Å². The predicted molar refractivity (Wildman–Crippen MR) is 63.3 cm³/mol. The minimum Gasteiger partial charge on any atom is -0.449 e. The van der Waals surface area contributed by atoms with Gasteiger partial charge in [-0.2, -0.15) is 0 Å². The Labute approximate surface area is 97.7 Å². The Morgan fingerprint density at radius 1 is 1.44 bits per heavy atom. The third-order valence-corrected chi connectivity index (χ3v) is 1.97. The number of alkyl carbamates (subject to hydrolysis) is 1. The Bertz CT molecular complexity index is 221. The van der Waals surface area contributed by atoms with E-state index in [1.807, 2.05) is 27.7 Å². The molecule has 0 fully saturated rings. The number of rotatable bonds is 6. The Kier molecular flexibility index (Phi) is 6.77. The van der Waals surface area contributed by atoms with E-state index in [-0.39, 0.29) is 5.41 Å². The number of hydrogen-bond acceptors (Lipinski definition) is 3. The molecule has 0 aliphatic carbocycles. The average molecular weight is 229 g/mol. The van der Waals surface area contributed by atoms with Crippen molar-refractivity contribution >= 4 is 12.4 Å². The normalized spacial score (nSPS) is 13.0. The fourth-order valence-electron chi connectivity index (χ4n) is 1.07. The minimum absolute atomic E-state index is 0.0581. The lowest BCUT2D eigenvalue weighted by Crippen LogP contribution is -2.37. The second-order valence-corrected chi connectivity index (χ2v) is 5.17. The van der Waals surface area contributed by atoms with Gasteiger partial charge in [0.15, 0.2) is 0 Å². The maximum Gasteiger partial charge on any atom is 0.407 e. The Hall–Kier alpha value is -1.06. The molecule has 1 amide bonds. The summed E-state index contributed by atoms with van der Waals surface area (Å²) in [6.45, 7) is 8.33. The number of hydrogen-bond donors (Lipinski definition) is 1. The van der Waals surface area contributed by atoms with Crippen LogP contribution in [0.2, 0.25) is 0 Å². The van der Waals surface area contributed by atoms with Gasteiger partial charge in [0.05, 0.1) is 12.6 Å². The van der Waals surface area contributed by atoms with E-state index in [2.05, 4.69) is 5.32 Å². The molecule has 0 aromatic heterocycles. The summed E-state index contributed by atoms with van der Waals surface area (Å²) in [7, 11) is 0. The molecule has 0 heterocycles. The molecular weight excluding hydrogens is 206 g/mol. The van der Waals surface area contributed by atoms with E-state index >= 15 is 0 Å². The predicted octanol–water partition coefficient (Wildman–Crippen LogP) is 2.52. The summed E-state index contributed by atoms with van der Waals surface area (Å²) in [5.74, 6) is 0. The van der Waals surface area contributed by atoms with Crippen LogP contribution in [0, 0.1) is 5.41 Å². The first-order valence-corrected chi connectivity index (χ1v) is 5.77. The first-order valence-electron chi connectivity index (χ1n) is 5.77. The van der Waals surface area contributed by atoms with Gasteiger partial charge in [-0.05, 0) is 11.8 Å². The van der Waals surface area contributed by atoms with Crippen LogP contribution < -0.4 is 5.32 Å². The number of carbonyl (C=O) groups excluding carboxylic acids is 2. The van der Waals surface area contributed by atoms with Gasteiger partial charge in [-0.1, -0.05) is 40.5 Å². The molecule has 0 aromatic rings. The van der Waals surface area contributed by atoms with Crippen LogP contribution in [-0.2, 0) is 9.53 Å². The molecule has 0 aliphatic heterocycles. The van der Waals surface area contributed by atoms with Gasteiger partial charge in [-0.25, -0.2) is 4.79 Å². The molecule has 0 unspecified atom stereocenters. The molecular formula is C12H23NO3. The Morgan fingerprint density at radius 2 is 2.06 bits per heavy atom. The van der Waals surface area contributed by atoms with Gasteiger partial charge in [-0.15, -0.1) is 0 Å². The maximum atomic E-state index is 11.3. The van der Waals surface area contributed by atoms with Crippen molar-refractivity contribution in [3.63, 3.8) is 0 Å². The van der Waals surface area contributed by atoms with Crippen LogP contribution in [0.15, 0.2) is 0 Å².